The van der Waals surface area contributed by atoms with Gasteiger partial charge in [0.15, 0.2) is 22.8 Å². The molecule has 1 aliphatic rings. The maximum Gasteiger partial charge on any atom is 0.274 e. The number of amides is 2. The molecule has 8 atom stereocenters. The number of rotatable bonds is 21. The normalized spacial score (nSPS) is 21.9. The van der Waals surface area contributed by atoms with Crippen molar-refractivity contribution in [2.24, 2.45) is 5.41 Å². The summed E-state index contributed by atoms with van der Waals surface area (Å²) in [6, 6.07) is 0. The fourth-order valence-electron chi connectivity index (χ4n) is 4.55. The number of thioether (sulfide) groups is 1. The highest BCUT2D eigenvalue weighted by Crippen LogP contribution is 2.56. The molecule has 27 nitrogen and oxygen atoms in total. The Bertz CT molecular complexity index is 1750. The number of nitrogen functional groups attached to an aromatic ring is 1. The van der Waals surface area contributed by atoms with Crippen LogP contribution < -0.4 is 49.5 Å². The Morgan fingerprint density at radius 2 is 1.70 bits per heavy atom. The summed E-state index contributed by atoms with van der Waals surface area (Å²) in [5, 5.41) is 26.1. The van der Waals surface area contributed by atoms with Gasteiger partial charge in [0.1, 0.15) is 36.3 Å². The Balaban J connectivity index is 0.0000101. The lowest BCUT2D eigenvalue weighted by Crippen LogP contribution is -2.46. The van der Waals surface area contributed by atoms with Crippen molar-refractivity contribution in [1.29, 1.82) is 0 Å². The molecule has 1 fully saturated rings. The van der Waals surface area contributed by atoms with E-state index in [-0.39, 0.29) is 60.1 Å². The molecule has 0 aromatic carbocycles. The SMILES string of the molecule is CCCC(=O)SCCNC(=O)CCNC(=O)[C@H](O)C(C)(C)COP(=O)([O-])OP(=O)([O-])OC[C@H]1O[C@@H](n2cnc3c(N)ncnc32)[C@H](O)[C@@H]1OP(=O)([O-])O.[NH4+].[NH4+].[NH4+]. The number of quaternary nitrogens is 3. The number of anilines is 1. The van der Waals surface area contributed by atoms with Crippen LogP contribution in [-0.4, -0.2) is 108 Å². The molecule has 2 aromatic heterocycles. The number of aliphatic hydroxyl groups is 2. The van der Waals surface area contributed by atoms with Crippen LogP contribution in [0.3, 0.4) is 0 Å². The summed E-state index contributed by atoms with van der Waals surface area (Å²) < 4.78 is 60.7. The Morgan fingerprint density at radius 1 is 1.05 bits per heavy atom. The van der Waals surface area contributed by atoms with Crippen molar-refractivity contribution in [2.75, 3.05) is 37.8 Å². The van der Waals surface area contributed by atoms with Crippen molar-refractivity contribution >= 4 is 69.1 Å². The second kappa shape index (κ2) is 22.6. The number of aromatic nitrogens is 4. The number of fused-ring (bicyclic) bond motifs is 1. The zero-order valence-corrected chi connectivity index (χ0v) is 34.9. The first kappa shape index (κ1) is 53.4. The van der Waals surface area contributed by atoms with E-state index in [1.165, 1.54) is 13.8 Å². The monoisotopic (exact) mass is 888 g/mol. The van der Waals surface area contributed by atoms with Crippen LogP contribution in [0.4, 0.5) is 5.82 Å². The minimum absolute atomic E-state index is 0. The number of carbonyl (C=O) groups excluding carboxylic acids is 3. The number of hydrogen-bond acceptors (Lipinski definition) is 21. The summed E-state index contributed by atoms with van der Waals surface area (Å²) in [5.74, 6) is -1.14. The third-order valence-electron chi connectivity index (χ3n) is 7.20. The molecule has 0 saturated carbocycles. The zero-order valence-electron chi connectivity index (χ0n) is 31.4. The summed E-state index contributed by atoms with van der Waals surface area (Å²) in [4.78, 5) is 93.2. The molecule has 0 radical (unpaired) electrons. The van der Waals surface area contributed by atoms with Crippen LogP contribution in [-0.2, 0) is 50.7 Å². The van der Waals surface area contributed by atoms with Crippen LogP contribution in [0, 0.1) is 5.41 Å². The van der Waals surface area contributed by atoms with Crippen LogP contribution in [0.15, 0.2) is 12.7 Å². The van der Waals surface area contributed by atoms with E-state index < -0.39 is 84.6 Å². The number of nitrogens with one attached hydrogen (secondary N) is 2. The van der Waals surface area contributed by atoms with Crippen LogP contribution in [0.2, 0.25) is 0 Å². The first-order valence-electron chi connectivity index (χ1n) is 15.5. The molecular formula is C25H51N10O17P3S. The van der Waals surface area contributed by atoms with Crippen LogP contribution in [0.1, 0.15) is 46.3 Å². The van der Waals surface area contributed by atoms with E-state index >= 15 is 0 Å². The smallest absolute Gasteiger partial charge is 0.274 e. The van der Waals surface area contributed by atoms with Gasteiger partial charge in [0.25, 0.3) is 23.5 Å². The lowest BCUT2D eigenvalue weighted by atomic mass is 9.87. The second-order valence-corrected chi connectivity index (χ2v) is 17.2. The summed E-state index contributed by atoms with van der Waals surface area (Å²) in [5.41, 5.74) is 4.11. The number of imidazole rings is 1. The molecule has 19 N–H and O–H groups in total. The molecular weight excluding hydrogens is 837 g/mol. The van der Waals surface area contributed by atoms with Gasteiger partial charge in [0.2, 0.25) is 11.8 Å². The van der Waals surface area contributed by atoms with E-state index in [1.54, 1.807) is 0 Å². The lowest BCUT2D eigenvalue weighted by molar-refractivity contribution is -0.247. The number of hydrogen-bond donors (Lipinski definition) is 9. The van der Waals surface area contributed by atoms with E-state index in [0.717, 1.165) is 29.0 Å². The number of aliphatic hydroxyl groups excluding tert-OH is 2. The minimum atomic E-state index is -5.89. The first-order valence-corrected chi connectivity index (χ1v) is 21.0. The molecule has 31 heteroatoms. The Labute approximate surface area is 324 Å². The van der Waals surface area contributed by atoms with Gasteiger partial charge in [-0.3, -0.25) is 32.6 Å². The van der Waals surface area contributed by atoms with Gasteiger partial charge >= 0.3 is 0 Å². The van der Waals surface area contributed by atoms with Gasteiger partial charge in [0, 0.05) is 37.1 Å². The Kier molecular flexibility index (Phi) is 21.5. The molecule has 0 spiro atoms. The molecule has 1 saturated heterocycles. The van der Waals surface area contributed by atoms with Gasteiger partial charge in [-0.05, 0) is 6.42 Å². The van der Waals surface area contributed by atoms with E-state index in [4.69, 9.17) is 10.5 Å². The number of ether oxygens (including phenoxy) is 1. The van der Waals surface area contributed by atoms with Gasteiger partial charge in [0.05, 0.1) is 19.5 Å². The molecule has 324 valence electrons. The van der Waals surface area contributed by atoms with E-state index in [2.05, 4.69) is 43.5 Å². The molecule has 56 heavy (non-hydrogen) atoms. The van der Waals surface area contributed by atoms with Crippen LogP contribution in [0.5, 0.6) is 0 Å². The number of nitrogens with two attached hydrogens (primary N) is 1. The highest BCUT2D eigenvalue weighted by molar-refractivity contribution is 8.13. The van der Waals surface area contributed by atoms with Gasteiger partial charge < -0.3 is 82.9 Å². The van der Waals surface area contributed by atoms with Crippen molar-refractivity contribution in [3.8, 4) is 0 Å². The van der Waals surface area contributed by atoms with Crippen LogP contribution >= 0.6 is 35.2 Å². The molecule has 2 amide bonds. The summed E-state index contributed by atoms with van der Waals surface area (Å²) in [6.07, 6.45) is -6.21. The van der Waals surface area contributed by atoms with Crippen molar-refractivity contribution in [3.63, 3.8) is 0 Å². The van der Waals surface area contributed by atoms with E-state index in [0.29, 0.717) is 18.6 Å². The predicted molar refractivity (Wildman–Crippen MR) is 193 cm³/mol. The van der Waals surface area contributed by atoms with Crippen molar-refractivity contribution in [1.82, 2.24) is 48.6 Å². The average Bonchev–Trinajstić information content (AvgIpc) is 3.61. The summed E-state index contributed by atoms with van der Waals surface area (Å²) in [7, 11) is -17.3. The van der Waals surface area contributed by atoms with E-state index in [9.17, 15) is 57.9 Å². The number of nitrogens with zero attached hydrogens (tertiary/aromatic N) is 4. The lowest BCUT2D eigenvalue weighted by Gasteiger charge is -2.35. The molecule has 1 aliphatic heterocycles. The first-order chi connectivity index (χ1) is 24.6. The highest BCUT2D eigenvalue weighted by atomic mass is 32.2. The summed E-state index contributed by atoms with van der Waals surface area (Å²) >= 11 is 1.08. The van der Waals surface area contributed by atoms with Crippen molar-refractivity contribution in [2.45, 2.75) is 70.7 Å². The Morgan fingerprint density at radius 3 is 2.32 bits per heavy atom. The minimum Gasteiger partial charge on any atom is -0.756 e. The third kappa shape index (κ3) is 16.0. The molecule has 3 unspecified atom stereocenters. The maximum atomic E-state index is 12.5. The quantitative estimate of drug-likeness (QED) is 0.0519. The summed E-state index contributed by atoms with van der Waals surface area (Å²) in [6.45, 7) is 2.06. The molecule has 0 aliphatic carbocycles. The van der Waals surface area contributed by atoms with Crippen molar-refractivity contribution in [3.05, 3.63) is 12.7 Å². The molecule has 0 bridgehead atoms. The standard InChI is InChI=1S/C25H42N7O17P3S.3H3N/c1-4-5-16(34)53-9-8-27-15(33)6-7-28-23(37)20(36)25(2,3)11-46-52(43,44)49-51(41,42)45-10-14-19(48-50(38,39)40)18(35)24(47-14)32-13-31-17-21(26)29-12-30-22(17)32;;;/h12-14,18-20,24,35-36H,4-11H2,1-3H3,(H,27,33)(H,28,37)(H,41,42)(H,43,44)(H2,26,29,30)(H2,38,39,40);3*1H3/t14-,18-,19-,20+,24-;;;/m1.../s1. The van der Waals surface area contributed by atoms with Gasteiger partial charge in [-0.25, -0.2) is 19.3 Å². The topological polar surface area (TPSA) is 482 Å². The van der Waals surface area contributed by atoms with Crippen molar-refractivity contribution < 1.29 is 80.5 Å². The third-order valence-corrected chi connectivity index (χ3v) is 11.2. The van der Waals surface area contributed by atoms with Gasteiger partial charge in [-0.1, -0.05) is 32.5 Å². The van der Waals surface area contributed by atoms with Gasteiger partial charge in [-0.2, -0.15) is 0 Å². The maximum absolute atomic E-state index is 12.5. The molecule has 3 rings (SSSR count). The fourth-order valence-corrected chi connectivity index (χ4v) is 8.08. The van der Waals surface area contributed by atoms with Gasteiger partial charge in [-0.15, -0.1) is 0 Å². The molecule has 2 aromatic rings. The average molecular weight is 889 g/mol. The fraction of sp³-hybridized carbons (Fsp3) is 0.680. The number of phosphoric ester groups is 3. The number of phosphoric acid groups is 3. The van der Waals surface area contributed by atoms with Crippen LogP contribution in [0.25, 0.3) is 11.2 Å². The number of carbonyl (C=O) groups is 3. The predicted octanol–water partition coefficient (Wildman–Crippen LogP) is -1.30. The highest BCUT2D eigenvalue weighted by Gasteiger charge is 2.48. The Hall–Kier alpha value is -2.56. The molecule has 3 heterocycles. The van der Waals surface area contributed by atoms with E-state index in [1.807, 2.05) is 6.92 Å². The second-order valence-electron chi connectivity index (χ2n) is 12.0. The largest absolute Gasteiger partial charge is 0.756 e. The zero-order chi connectivity index (χ0) is 39.8.